The second-order valence-corrected chi connectivity index (χ2v) is 5.15. The average molecular weight is 338 g/mol. The van der Waals surface area contributed by atoms with Crippen LogP contribution in [0.1, 0.15) is 18.9 Å². The third-order valence-corrected chi connectivity index (χ3v) is 3.37. The summed E-state index contributed by atoms with van der Waals surface area (Å²) in [5, 5.41) is 13.5. The summed E-state index contributed by atoms with van der Waals surface area (Å²) in [5.41, 5.74) is 7.03. The highest BCUT2D eigenvalue weighted by atomic mass is 16.5. The van der Waals surface area contributed by atoms with Gasteiger partial charge in [0.2, 0.25) is 0 Å². The van der Waals surface area contributed by atoms with Gasteiger partial charge in [0.1, 0.15) is 11.6 Å². The van der Waals surface area contributed by atoms with Crippen LogP contribution in [0.15, 0.2) is 42.1 Å². The lowest BCUT2D eigenvalue weighted by Gasteiger charge is -2.02. The molecule has 0 radical (unpaired) electrons. The number of ether oxygens (including phenoxy) is 1. The molecule has 1 heterocycles. The summed E-state index contributed by atoms with van der Waals surface area (Å²) in [6.45, 7) is 2.39. The number of primary amides is 1. The van der Waals surface area contributed by atoms with Crippen LogP contribution < -0.4 is 5.73 Å². The van der Waals surface area contributed by atoms with Gasteiger partial charge in [0, 0.05) is 17.3 Å². The zero-order chi connectivity index (χ0) is 18.2. The van der Waals surface area contributed by atoms with Crippen molar-refractivity contribution in [2.75, 3.05) is 6.61 Å². The van der Waals surface area contributed by atoms with E-state index in [1.807, 2.05) is 30.3 Å². The smallest absolute Gasteiger partial charge is 0.307 e. The molecule has 25 heavy (non-hydrogen) atoms. The molecule has 0 aliphatic rings. The minimum atomic E-state index is -0.805. The fraction of sp³-hybridized carbons (Fsp3) is 0.222. The molecule has 7 nitrogen and oxygen atoms in total. The van der Waals surface area contributed by atoms with E-state index in [0.717, 1.165) is 5.56 Å². The first-order chi connectivity index (χ1) is 12.0. The van der Waals surface area contributed by atoms with Gasteiger partial charge in [-0.2, -0.15) is 10.4 Å². The highest BCUT2D eigenvalue weighted by molar-refractivity contribution is 6.01. The van der Waals surface area contributed by atoms with Crippen molar-refractivity contribution in [1.29, 1.82) is 5.26 Å². The molecule has 1 amide bonds. The zero-order valence-corrected chi connectivity index (χ0v) is 13.8. The normalized spacial score (nSPS) is 11.0. The molecule has 2 N–H and O–H groups in total. The average Bonchev–Trinajstić information content (AvgIpc) is 3.01. The van der Waals surface area contributed by atoms with E-state index in [4.69, 9.17) is 15.7 Å². The van der Waals surface area contributed by atoms with Gasteiger partial charge >= 0.3 is 5.97 Å². The molecule has 7 heteroatoms. The van der Waals surface area contributed by atoms with Gasteiger partial charge in [-0.25, -0.2) is 0 Å². The second-order valence-electron chi connectivity index (χ2n) is 5.15. The summed E-state index contributed by atoms with van der Waals surface area (Å²) in [6, 6.07) is 11.1. The van der Waals surface area contributed by atoms with E-state index in [2.05, 4.69) is 5.10 Å². The summed E-state index contributed by atoms with van der Waals surface area (Å²) in [4.78, 5) is 22.8. The number of nitrogens with two attached hydrogens (primary N) is 1. The summed E-state index contributed by atoms with van der Waals surface area (Å²) in [5.74, 6) is -1.12. The first-order valence-corrected chi connectivity index (χ1v) is 7.75. The maximum atomic E-state index is 11.5. The standard InChI is InChI=1S/C18H18N4O3/c1-2-25-16(23)8-9-22-12-15(10-14(11-19)18(20)24)17(21-22)13-6-4-3-5-7-13/h3-7,10,12H,2,8-9H2,1H3,(H2,20,24)/b14-10+. The van der Waals surface area contributed by atoms with Crippen molar-refractivity contribution >= 4 is 18.0 Å². The molecule has 0 bridgehead atoms. The number of nitriles is 1. The predicted molar refractivity (Wildman–Crippen MR) is 91.7 cm³/mol. The molecule has 2 aromatic rings. The van der Waals surface area contributed by atoms with Crippen LogP contribution in [0.4, 0.5) is 0 Å². The first-order valence-electron chi connectivity index (χ1n) is 7.75. The largest absolute Gasteiger partial charge is 0.466 e. The van der Waals surface area contributed by atoms with Crippen molar-refractivity contribution in [1.82, 2.24) is 9.78 Å². The minimum absolute atomic E-state index is 0.165. The topological polar surface area (TPSA) is 111 Å². The summed E-state index contributed by atoms with van der Waals surface area (Å²) in [7, 11) is 0. The molecule has 1 aromatic heterocycles. The molecular formula is C18H18N4O3. The Balaban J connectivity index is 2.37. The van der Waals surface area contributed by atoms with Crippen LogP contribution in [0.3, 0.4) is 0 Å². The van der Waals surface area contributed by atoms with Crippen molar-refractivity contribution < 1.29 is 14.3 Å². The number of amides is 1. The molecule has 0 atom stereocenters. The molecule has 1 aromatic carbocycles. The van der Waals surface area contributed by atoms with Crippen molar-refractivity contribution in [2.24, 2.45) is 5.73 Å². The number of nitrogens with zero attached hydrogens (tertiary/aromatic N) is 3. The molecule has 0 saturated heterocycles. The Hall–Kier alpha value is -3.40. The molecule has 0 saturated carbocycles. The fourth-order valence-electron chi connectivity index (χ4n) is 2.23. The van der Waals surface area contributed by atoms with Crippen LogP contribution in [0.5, 0.6) is 0 Å². The highest BCUT2D eigenvalue weighted by Crippen LogP contribution is 2.24. The maximum Gasteiger partial charge on any atom is 0.307 e. The summed E-state index contributed by atoms with van der Waals surface area (Å²) >= 11 is 0. The monoisotopic (exact) mass is 338 g/mol. The predicted octanol–water partition coefficient (Wildman–Crippen LogP) is 1.90. The van der Waals surface area contributed by atoms with E-state index in [-0.39, 0.29) is 18.0 Å². The van der Waals surface area contributed by atoms with Gasteiger partial charge in [0.15, 0.2) is 0 Å². The lowest BCUT2D eigenvalue weighted by atomic mass is 10.1. The summed E-state index contributed by atoms with van der Waals surface area (Å²) < 4.78 is 6.49. The number of benzene rings is 1. The Kier molecular flexibility index (Phi) is 6.07. The van der Waals surface area contributed by atoms with E-state index in [1.54, 1.807) is 23.9 Å². The van der Waals surface area contributed by atoms with Crippen molar-refractivity contribution in [3.8, 4) is 17.3 Å². The van der Waals surface area contributed by atoms with E-state index >= 15 is 0 Å². The van der Waals surface area contributed by atoms with Crippen molar-refractivity contribution in [3.63, 3.8) is 0 Å². The van der Waals surface area contributed by atoms with Gasteiger partial charge in [0.05, 0.1) is 25.3 Å². The Labute approximate surface area is 145 Å². The van der Waals surface area contributed by atoms with Crippen LogP contribution in [-0.4, -0.2) is 28.3 Å². The number of aryl methyl sites for hydroxylation is 1. The fourth-order valence-corrected chi connectivity index (χ4v) is 2.23. The van der Waals surface area contributed by atoms with E-state index in [9.17, 15) is 9.59 Å². The van der Waals surface area contributed by atoms with Crippen LogP contribution in [0.2, 0.25) is 0 Å². The van der Waals surface area contributed by atoms with E-state index < -0.39 is 5.91 Å². The van der Waals surface area contributed by atoms with Gasteiger partial charge in [0.25, 0.3) is 5.91 Å². The third kappa shape index (κ3) is 4.78. The molecule has 2 rings (SSSR count). The van der Waals surface area contributed by atoms with Crippen LogP contribution in [-0.2, 0) is 20.9 Å². The molecular weight excluding hydrogens is 320 g/mol. The molecule has 128 valence electrons. The van der Waals surface area contributed by atoms with Gasteiger partial charge in [-0.05, 0) is 13.0 Å². The SMILES string of the molecule is CCOC(=O)CCn1cc(/C=C(\C#N)C(N)=O)c(-c2ccccc2)n1. The quantitative estimate of drug-likeness (QED) is 0.471. The lowest BCUT2D eigenvalue weighted by molar-refractivity contribution is -0.143. The number of hydrogen-bond acceptors (Lipinski definition) is 5. The van der Waals surface area contributed by atoms with Crippen LogP contribution in [0.25, 0.3) is 17.3 Å². The number of esters is 1. The Bertz CT molecular complexity index is 832. The molecule has 0 aliphatic carbocycles. The summed E-state index contributed by atoms with van der Waals surface area (Å²) in [6.07, 6.45) is 3.24. The Morgan fingerprint density at radius 1 is 1.36 bits per heavy atom. The number of carbonyl (C=O) groups is 2. The molecule has 0 aliphatic heterocycles. The number of aromatic nitrogens is 2. The number of carbonyl (C=O) groups excluding carboxylic acids is 2. The van der Waals surface area contributed by atoms with Gasteiger partial charge < -0.3 is 10.5 Å². The number of rotatable bonds is 7. The maximum absolute atomic E-state index is 11.5. The van der Waals surface area contributed by atoms with E-state index in [0.29, 0.717) is 24.4 Å². The van der Waals surface area contributed by atoms with Crippen LogP contribution in [0, 0.1) is 11.3 Å². The highest BCUT2D eigenvalue weighted by Gasteiger charge is 2.13. The van der Waals surface area contributed by atoms with Crippen LogP contribution >= 0.6 is 0 Å². The van der Waals surface area contributed by atoms with E-state index in [1.165, 1.54) is 6.08 Å². The Morgan fingerprint density at radius 2 is 2.08 bits per heavy atom. The minimum Gasteiger partial charge on any atom is -0.466 e. The van der Waals surface area contributed by atoms with Crippen molar-refractivity contribution in [2.45, 2.75) is 19.9 Å². The zero-order valence-electron chi connectivity index (χ0n) is 13.8. The number of hydrogen-bond donors (Lipinski definition) is 1. The van der Waals surface area contributed by atoms with Gasteiger partial charge in [-0.1, -0.05) is 30.3 Å². The van der Waals surface area contributed by atoms with Gasteiger partial charge in [-0.15, -0.1) is 0 Å². The Morgan fingerprint density at radius 3 is 2.68 bits per heavy atom. The first kappa shape index (κ1) is 17.9. The molecule has 0 unspecified atom stereocenters. The second kappa shape index (κ2) is 8.45. The molecule has 0 fully saturated rings. The molecule has 0 spiro atoms. The van der Waals surface area contributed by atoms with Gasteiger partial charge in [-0.3, -0.25) is 14.3 Å². The van der Waals surface area contributed by atoms with Crippen molar-refractivity contribution in [3.05, 3.63) is 47.7 Å². The third-order valence-electron chi connectivity index (χ3n) is 3.37. The lowest BCUT2D eigenvalue weighted by Crippen LogP contribution is -2.12.